The Morgan fingerprint density at radius 1 is 1.07 bits per heavy atom. The minimum atomic E-state index is -0.573. The van der Waals surface area contributed by atoms with Crippen molar-refractivity contribution < 1.29 is 28.3 Å². The topological polar surface area (TPSA) is 140 Å². The summed E-state index contributed by atoms with van der Waals surface area (Å²) in [5, 5.41) is 17.7. The Morgan fingerprint density at radius 2 is 1.91 bits per heavy atom. The van der Waals surface area contributed by atoms with Gasteiger partial charge >= 0.3 is 5.69 Å². The van der Waals surface area contributed by atoms with E-state index in [0.29, 0.717) is 33.7 Å². The van der Waals surface area contributed by atoms with Gasteiger partial charge < -0.3 is 23.4 Å². The van der Waals surface area contributed by atoms with Gasteiger partial charge in [0, 0.05) is 21.5 Å². The molecule has 0 saturated heterocycles. The van der Waals surface area contributed by atoms with Crippen LogP contribution < -0.4 is 24.5 Å². The number of fused-ring (bicyclic) bond motifs is 3. The highest BCUT2D eigenvalue weighted by atomic mass is 79.9. The van der Waals surface area contributed by atoms with Gasteiger partial charge in [0.25, 0.3) is 5.56 Å². The van der Waals surface area contributed by atoms with Gasteiger partial charge in [-0.15, -0.1) is 0 Å². The maximum atomic E-state index is 13.6. The first kappa shape index (κ1) is 28.1. The summed E-state index contributed by atoms with van der Waals surface area (Å²) in [5.41, 5.74) is 1.28. The lowest BCUT2D eigenvalue weighted by Gasteiger charge is -2.12. The third-order valence-electron chi connectivity index (χ3n) is 7.07. The van der Waals surface area contributed by atoms with Crippen molar-refractivity contribution in [3.8, 4) is 34.6 Å². The largest absolute Gasteiger partial charge is 0.493 e. The number of hydrogen-bond donors (Lipinski definition) is 0. The molecule has 12 nitrogen and oxygen atoms in total. The average molecular weight is 669 g/mol. The van der Waals surface area contributed by atoms with Crippen LogP contribution in [-0.4, -0.2) is 34.7 Å². The molecule has 0 bridgehead atoms. The second kappa shape index (κ2) is 11.4. The highest BCUT2D eigenvalue weighted by Gasteiger charge is 2.23. The van der Waals surface area contributed by atoms with Crippen molar-refractivity contribution in [2.45, 2.75) is 6.61 Å². The summed E-state index contributed by atoms with van der Waals surface area (Å²) in [5.74, 6) is 1.71. The molecule has 3 heterocycles. The molecular weight excluding hydrogens is 648 g/mol. The van der Waals surface area contributed by atoms with E-state index < -0.39 is 10.5 Å². The molecule has 0 unspecified atom stereocenters. The molecule has 1 aliphatic heterocycles. The normalized spacial score (nSPS) is 12.3. The summed E-state index contributed by atoms with van der Waals surface area (Å²) in [4.78, 5) is 29.9. The second-order valence-corrected chi connectivity index (χ2v) is 10.8. The summed E-state index contributed by atoms with van der Waals surface area (Å²) in [7, 11) is 1.38. The van der Waals surface area contributed by atoms with Crippen molar-refractivity contribution in [2.24, 2.45) is 5.10 Å². The maximum absolute atomic E-state index is 13.6. The quantitative estimate of drug-likeness (QED) is 0.0986. The van der Waals surface area contributed by atoms with Crippen LogP contribution in [0, 0.1) is 10.1 Å². The van der Waals surface area contributed by atoms with E-state index in [1.807, 2.05) is 12.1 Å². The van der Waals surface area contributed by atoms with E-state index in [0.717, 1.165) is 20.1 Å². The number of nitrogens with zero attached hydrogens (tertiary/aromatic N) is 4. The monoisotopic (exact) mass is 668 g/mol. The summed E-state index contributed by atoms with van der Waals surface area (Å²) in [6.45, 7) is 0.137. The number of methoxy groups -OCH3 is 1. The molecule has 6 aromatic rings. The number of ether oxygens (including phenoxy) is 4. The molecule has 0 atom stereocenters. The van der Waals surface area contributed by atoms with Gasteiger partial charge in [-0.3, -0.25) is 14.9 Å². The zero-order valence-corrected chi connectivity index (χ0v) is 25.0. The fourth-order valence-electron chi connectivity index (χ4n) is 4.94. The molecule has 0 spiro atoms. The number of furan rings is 1. The predicted molar refractivity (Wildman–Crippen MR) is 168 cm³/mol. The summed E-state index contributed by atoms with van der Waals surface area (Å²) in [6, 6.07) is 22.3. The van der Waals surface area contributed by atoms with Crippen LogP contribution in [0.3, 0.4) is 0 Å². The van der Waals surface area contributed by atoms with Crippen molar-refractivity contribution >= 4 is 49.7 Å². The molecule has 13 heteroatoms. The zero-order valence-electron chi connectivity index (χ0n) is 23.4. The van der Waals surface area contributed by atoms with Gasteiger partial charge in [0.1, 0.15) is 12.2 Å². The Bertz CT molecular complexity index is 2230. The van der Waals surface area contributed by atoms with Gasteiger partial charge in [-0.05, 0) is 60.2 Å². The van der Waals surface area contributed by atoms with E-state index in [1.54, 1.807) is 54.6 Å². The van der Waals surface area contributed by atoms with Crippen LogP contribution in [-0.2, 0) is 6.61 Å². The third kappa shape index (κ3) is 5.33. The van der Waals surface area contributed by atoms with Crippen LogP contribution in [0.4, 0.5) is 5.69 Å². The van der Waals surface area contributed by atoms with Crippen molar-refractivity contribution in [1.82, 2.24) is 9.66 Å². The Labute approximate surface area is 262 Å². The number of nitro benzene ring substituents is 1. The lowest BCUT2D eigenvalue weighted by Crippen LogP contribution is -2.20. The third-order valence-corrected chi connectivity index (χ3v) is 7.56. The van der Waals surface area contributed by atoms with Crippen molar-refractivity contribution in [2.75, 3.05) is 13.9 Å². The fraction of sp³-hybridized carbons (Fsp3) is 0.0938. The lowest BCUT2D eigenvalue weighted by molar-refractivity contribution is -0.386. The first-order chi connectivity index (χ1) is 21.9. The molecule has 2 aromatic heterocycles. The number of nitro groups is 1. The predicted octanol–water partition coefficient (Wildman–Crippen LogP) is 6.68. The van der Waals surface area contributed by atoms with Gasteiger partial charge in [-0.1, -0.05) is 34.1 Å². The number of benzene rings is 4. The van der Waals surface area contributed by atoms with E-state index in [4.69, 9.17) is 23.4 Å². The summed E-state index contributed by atoms with van der Waals surface area (Å²) < 4.78 is 30.1. The first-order valence-electron chi connectivity index (χ1n) is 13.5. The Kier molecular flexibility index (Phi) is 7.14. The number of rotatable bonds is 8. The molecule has 0 fully saturated rings. The van der Waals surface area contributed by atoms with E-state index in [-0.39, 0.29) is 42.0 Å². The number of halogens is 1. The Balaban J connectivity index is 1.28. The van der Waals surface area contributed by atoms with Crippen LogP contribution in [0.5, 0.6) is 23.0 Å². The van der Waals surface area contributed by atoms with Gasteiger partial charge in [0.15, 0.2) is 23.0 Å². The molecule has 0 saturated carbocycles. The molecule has 224 valence electrons. The summed E-state index contributed by atoms with van der Waals surface area (Å²) in [6.07, 6.45) is 1.32. The molecule has 0 aliphatic carbocycles. The van der Waals surface area contributed by atoms with Crippen LogP contribution in [0.1, 0.15) is 11.1 Å². The molecule has 0 radical (unpaired) electrons. The van der Waals surface area contributed by atoms with Crippen LogP contribution in [0.25, 0.3) is 33.5 Å². The molecule has 0 N–H and O–H groups in total. The molecule has 45 heavy (non-hydrogen) atoms. The zero-order chi connectivity index (χ0) is 31.1. The van der Waals surface area contributed by atoms with E-state index in [9.17, 15) is 14.9 Å². The number of aromatic nitrogens is 2. The fourth-order valence-corrected chi connectivity index (χ4v) is 5.32. The van der Waals surface area contributed by atoms with Crippen molar-refractivity contribution in [3.05, 3.63) is 115 Å². The van der Waals surface area contributed by atoms with Gasteiger partial charge in [-0.2, -0.15) is 9.78 Å². The minimum absolute atomic E-state index is 0.0108. The highest BCUT2D eigenvalue weighted by Crippen LogP contribution is 2.39. The second-order valence-electron chi connectivity index (χ2n) is 9.91. The van der Waals surface area contributed by atoms with Crippen molar-refractivity contribution in [1.29, 1.82) is 0 Å². The van der Waals surface area contributed by atoms with Crippen LogP contribution in [0.15, 0.2) is 97.6 Å². The average Bonchev–Trinajstić information content (AvgIpc) is 3.69. The molecule has 7 rings (SSSR count). The van der Waals surface area contributed by atoms with Crippen LogP contribution in [0.2, 0.25) is 0 Å². The molecular formula is C32H21BrN4O8. The van der Waals surface area contributed by atoms with Crippen molar-refractivity contribution in [3.63, 3.8) is 0 Å². The van der Waals surface area contributed by atoms with E-state index in [2.05, 4.69) is 26.0 Å². The highest BCUT2D eigenvalue weighted by molar-refractivity contribution is 9.10. The smallest absolute Gasteiger partial charge is 0.315 e. The van der Waals surface area contributed by atoms with E-state index in [1.165, 1.54) is 25.5 Å². The first-order valence-corrected chi connectivity index (χ1v) is 14.3. The number of para-hydroxylation sites is 1. The van der Waals surface area contributed by atoms with Gasteiger partial charge in [0.05, 0.1) is 29.2 Å². The Morgan fingerprint density at radius 3 is 2.76 bits per heavy atom. The van der Waals surface area contributed by atoms with Crippen LogP contribution >= 0.6 is 15.9 Å². The lowest BCUT2D eigenvalue weighted by atomic mass is 10.1. The standard InChI is InChI=1S/C32H21BrN4O8/c1-41-28-12-19(10-24(37(39)40)30(28)42-16-18-6-8-26-27(11-18)44-17-43-26)15-34-36-31(35-23-5-3-2-4-22(23)32(36)38)29-14-20-13-21(33)7-9-25(20)45-29/h2-15H,16-17H2,1H3. The molecule has 1 aliphatic rings. The number of hydrogen-bond acceptors (Lipinski definition) is 10. The maximum Gasteiger partial charge on any atom is 0.315 e. The Hall–Kier alpha value is -5.69. The minimum Gasteiger partial charge on any atom is -0.493 e. The van der Waals surface area contributed by atoms with E-state index >= 15 is 0 Å². The molecule has 0 amide bonds. The molecule has 4 aromatic carbocycles. The SMILES string of the molecule is COc1cc(C=Nn2c(-c3cc4cc(Br)ccc4o3)nc3ccccc3c2=O)cc([N+](=O)[O-])c1OCc1ccc2c(c1)OCO2. The van der Waals surface area contributed by atoms with Gasteiger partial charge in [-0.25, -0.2) is 4.98 Å². The van der Waals surface area contributed by atoms with Gasteiger partial charge in [0.2, 0.25) is 18.4 Å². The summed E-state index contributed by atoms with van der Waals surface area (Å²) >= 11 is 3.46.